The van der Waals surface area contributed by atoms with E-state index in [4.69, 9.17) is 10.5 Å². The average Bonchev–Trinajstić information content (AvgIpc) is 3.24. The first kappa shape index (κ1) is 18.2. The topological polar surface area (TPSA) is 78.5 Å². The molecule has 2 aliphatic heterocycles. The highest BCUT2D eigenvalue weighted by atomic mass is 16.5. The predicted octanol–water partition coefficient (Wildman–Crippen LogP) is 2.99. The maximum absolute atomic E-state index is 6.10. The molecule has 7 heteroatoms. The van der Waals surface area contributed by atoms with Crippen LogP contribution in [-0.4, -0.2) is 43.3 Å². The molecule has 146 valence electrons. The molecule has 2 aromatic carbocycles. The fourth-order valence-electron chi connectivity index (χ4n) is 3.51. The molecule has 7 nitrogen and oxygen atoms in total. The summed E-state index contributed by atoms with van der Waals surface area (Å²) in [6.07, 6.45) is 1.94. The molecule has 2 aliphatic rings. The first-order chi connectivity index (χ1) is 13.6. The van der Waals surface area contributed by atoms with E-state index in [1.54, 1.807) is 7.11 Å². The molecule has 1 fully saturated rings. The van der Waals surface area contributed by atoms with E-state index < -0.39 is 0 Å². The first-order valence-electron chi connectivity index (χ1n) is 9.57. The summed E-state index contributed by atoms with van der Waals surface area (Å²) in [5.41, 5.74) is 9.27. The Kier molecular flexibility index (Phi) is 5.06. The van der Waals surface area contributed by atoms with Crippen molar-refractivity contribution in [1.82, 2.24) is 4.90 Å². The molecular weight excluding hydrogens is 352 g/mol. The Balaban J connectivity index is 1.69. The van der Waals surface area contributed by atoms with E-state index in [2.05, 4.69) is 56.3 Å². The van der Waals surface area contributed by atoms with Crippen molar-refractivity contribution in [2.24, 2.45) is 15.7 Å². The van der Waals surface area contributed by atoms with Gasteiger partial charge in [-0.1, -0.05) is 17.7 Å². The lowest BCUT2D eigenvalue weighted by atomic mass is 10.2. The Labute approximate surface area is 165 Å². The molecule has 1 saturated heterocycles. The van der Waals surface area contributed by atoms with Gasteiger partial charge in [0.15, 0.2) is 0 Å². The summed E-state index contributed by atoms with van der Waals surface area (Å²) in [5.74, 6) is 1.95. The molecule has 0 saturated carbocycles. The fraction of sp³-hybridized carbons (Fsp3) is 0.333. The van der Waals surface area contributed by atoms with Gasteiger partial charge in [-0.2, -0.15) is 4.99 Å². The maximum Gasteiger partial charge on any atom is 0.222 e. The number of benzene rings is 2. The number of nitrogens with two attached hydrogens (primary N) is 1. The minimum atomic E-state index is -0.385. The van der Waals surface area contributed by atoms with Gasteiger partial charge in [0.1, 0.15) is 5.75 Å². The van der Waals surface area contributed by atoms with Crippen LogP contribution in [0.1, 0.15) is 18.4 Å². The van der Waals surface area contributed by atoms with Crippen LogP contribution in [0, 0.1) is 6.92 Å². The van der Waals surface area contributed by atoms with Crippen LogP contribution in [-0.2, 0) is 0 Å². The summed E-state index contributed by atoms with van der Waals surface area (Å²) in [6, 6.07) is 16.2. The van der Waals surface area contributed by atoms with E-state index >= 15 is 0 Å². The zero-order valence-corrected chi connectivity index (χ0v) is 16.3. The smallest absolute Gasteiger partial charge is 0.222 e. The zero-order valence-electron chi connectivity index (χ0n) is 16.3. The summed E-state index contributed by atoms with van der Waals surface area (Å²) in [7, 11) is 1.66. The molecule has 0 spiro atoms. The van der Waals surface area contributed by atoms with Crippen LogP contribution in [0.2, 0.25) is 0 Å². The maximum atomic E-state index is 6.10. The van der Waals surface area contributed by atoms with E-state index in [1.165, 1.54) is 5.56 Å². The second-order valence-electron chi connectivity index (χ2n) is 7.05. The van der Waals surface area contributed by atoms with Crippen LogP contribution >= 0.6 is 0 Å². The first-order valence-corrected chi connectivity index (χ1v) is 9.57. The average molecular weight is 378 g/mol. The van der Waals surface area contributed by atoms with Gasteiger partial charge in [-0.3, -0.25) is 4.90 Å². The third kappa shape index (κ3) is 3.74. The van der Waals surface area contributed by atoms with E-state index in [-0.39, 0.29) is 12.2 Å². The van der Waals surface area contributed by atoms with Crippen LogP contribution in [0.4, 0.5) is 11.4 Å². The van der Waals surface area contributed by atoms with Crippen LogP contribution in [0.5, 0.6) is 5.75 Å². The van der Waals surface area contributed by atoms with Gasteiger partial charge in [0.25, 0.3) is 0 Å². The number of anilines is 2. The van der Waals surface area contributed by atoms with Crippen molar-refractivity contribution >= 4 is 23.3 Å². The summed E-state index contributed by atoms with van der Waals surface area (Å²) >= 11 is 0. The molecule has 0 radical (unpaired) electrons. The lowest BCUT2D eigenvalue weighted by molar-refractivity contribution is 0.415. The second kappa shape index (κ2) is 7.80. The SMILES string of the molecule is COc1ccc(NC2N=C(N)N=C(N3CCCC3)N2c2ccc(C)cc2)cc1. The van der Waals surface area contributed by atoms with E-state index in [9.17, 15) is 0 Å². The molecule has 0 bridgehead atoms. The van der Waals surface area contributed by atoms with Crippen molar-refractivity contribution in [3.8, 4) is 5.75 Å². The Morgan fingerprint density at radius 1 is 1.04 bits per heavy atom. The van der Waals surface area contributed by atoms with Gasteiger partial charge in [0, 0.05) is 24.5 Å². The van der Waals surface area contributed by atoms with Crippen molar-refractivity contribution in [2.45, 2.75) is 26.1 Å². The zero-order chi connectivity index (χ0) is 19.5. The standard InChI is InChI=1S/C21H26N6O/c1-15-5-9-17(10-6-15)27-20(23-16-7-11-18(28-2)12-8-16)24-19(22)25-21(27)26-13-3-4-14-26/h5-12,20,23H,3-4,13-14H2,1-2H3,(H2,22,24). The highest BCUT2D eigenvalue weighted by Gasteiger charge is 2.32. The van der Waals surface area contributed by atoms with Gasteiger partial charge in [0.05, 0.1) is 7.11 Å². The summed E-state index contributed by atoms with van der Waals surface area (Å²) in [5, 5.41) is 3.47. The van der Waals surface area contributed by atoms with Crippen molar-refractivity contribution < 1.29 is 4.74 Å². The normalized spacial score (nSPS) is 19.3. The highest BCUT2D eigenvalue weighted by Crippen LogP contribution is 2.26. The number of guanidine groups is 2. The van der Waals surface area contributed by atoms with Gasteiger partial charge >= 0.3 is 0 Å². The van der Waals surface area contributed by atoms with Crippen molar-refractivity contribution in [2.75, 3.05) is 30.4 Å². The van der Waals surface area contributed by atoms with Crippen molar-refractivity contribution in [1.29, 1.82) is 0 Å². The number of aliphatic imine (C=N–C) groups is 2. The number of methoxy groups -OCH3 is 1. The number of rotatable bonds is 4. The number of nitrogens with zero attached hydrogens (tertiary/aromatic N) is 4. The summed E-state index contributed by atoms with van der Waals surface area (Å²) < 4.78 is 5.25. The van der Waals surface area contributed by atoms with Gasteiger partial charge < -0.3 is 20.7 Å². The van der Waals surface area contributed by atoms with Gasteiger partial charge in [0.2, 0.25) is 18.2 Å². The highest BCUT2D eigenvalue weighted by molar-refractivity contribution is 6.06. The number of ether oxygens (including phenoxy) is 1. The van der Waals surface area contributed by atoms with Gasteiger partial charge in [-0.25, -0.2) is 4.99 Å². The predicted molar refractivity (Wildman–Crippen MR) is 114 cm³/mol. The number of likely N-dealkylation sites (tertiary alicyclic amines) is 1. The molecule has 2 aromatic rings. The minimum absolute atomic E-state index is 0.288. The molecule has 0 aromatic heterocycles. The molecular formula is C21H26N6O. The molecule has 1 atom stereocenters. The summed E-state index contributed by atoms with van der Waals surface area (Å²) in [4.78, 5) is 13.6. The molecule has 4 rings (SSSR count). The second-order valence-corrected chi connectivity index (χ2v) is 7.05. The molecule has 1 unspecified atom stereocenters. The Morgan fingerprint density at radius 3 is 2.36 bits per heavy atom. The van der Waals surface area contributed by atoms with Gasteiger partial charge in [-0.05, 0) is 56.2 Å². The minimum Gasteiger partial charge on any atom is -0.497 e. The van der Waals surface area contributed by atoms with E-state index in [0.717, 1.165) is 49.0 Å². The molecule has 28 heavy (non-hydrogen) atoms. The quantitative estimate of drug-likeness (QED) is 0.855. The number of aryl methyl sites for hydroxylation is 1. The Hall–Kier alpha value is -3.22. The third-order valence-corrected chi connectivity index (χ3v) is 5.02. The van der Waals surface area contributed by atoms with Crippen LogP contribution in [0.25, 0.3) is 0 Å². The van der Waals surface area contributed by atoms with Crippen molar-refractivity contribution in [3.05, 3.63) is 54.1 Å². The Morgan fingerprint density at radius 2 is 1.71 bits per heavy atom. The number of hydrogen-bond donors (Lipinski definition) is 2. The summed E-state index contributed by atoms with van der Waals surface area (Å²) in [6.45, 7) is 4.03. The molecule has 3 N–H and O–H groups in total. The monoisotopic (exact) mass is 378 g/mol. The fourth-order valence-corrected chi connectivity index (χ4v) is 3.51. The van der Waals surface area contributed by atoms with Crippen LogP contribution in [0.3, 0.4) is 0 Å². The van der Waals surface area contributed by atoms with Crippen LogP contribution < -0.4 is 20.7 Å². The number of nitrogens with one attached hydrogen (secondary N) is 1. The van der Waals surface area contributed by atoms with E-state index in [1.807, 2.05) is 24.3 Å². The van der Waals surface area contributed by atoms with E-state index in [0.29, 0.717) is 0 Å². The third-order valence-electron chi connectivity index (χ3n) is 5.02. The lowest BCUT2D eigenvalue weighted by Crippen LogP contribution is -2.54. The van der Waals surface area contributed by atoms with Gasteiger partial charge in [-0.15, -0.1) is 0 Å². The molecule has 0 aliphatic carbocycles. The number of hydrogen-bond acceptors (Lipinski definition) is 7. The Bertz CT molecular complexity index is 869. The lowest BCUT2D eigenvalue weighted by Gasteiger charge is -2.38. The molecule has 0 amide bonds. The largest absolute Gasteiger partial charge is 0.497 e. The molecule has 2 heterocycles. The van der Waals surface area contributed by atoms with Crippen molar-refractivity contribution in [3.63, 3.8) is 0 Å². The van der Waals surface area contributed by atoms with Crippen LogP contribution in [0.15, 0.2) is 58.5 Å².